The van der Waals surface area contributed by atoms with Crippen LogP contribution in [0.3, 0.4) is 0 Å². The van der Waals surface area contributed by atoms with Crippen molar-refractivity contribution in [3.63, 3.8) is 0 Å². The Balaban J connectivity index is 1.48. The van der Waals surface area contributed by atoms with Gasteiger partial charge < -0.3 is 10.1 Å². The lowest BCUT2D eigenvalue weighted by Gasteiger charge is -2.37. The maximum atomic E-state index is 12.9. The van der Waals surface area contributed by atoms with Gasteiger partial charge in [-0.1, -0.05) is 59.3 Å². The van der Waals surface area contributed by atoms with E-state index >= 15 is 0 Å². The number of carbonyl (C=O) groups excluding carboxylic acids is 2. The zero-order valence-corrected chi connectivity index (χ0v) is 17.4. The number of fused-ring (bicyclic) bond motifs is 2. The molecule has 3 aromatic carbocycles. The zero-order valence-electron chi connectivity index (χ0n) is 15.8. The van der Waals surface area contributed by atoms with Crippen molar-refractivity contribution in [3.05, 3.63) is 70.7 Å². The monoisotopic (exact) mass is 453 g/mol. The molecule has 0 bridgehead atoms. The lowest BCUT2D eigenvalue weighted by atomic mass is 10.1. The van der Waals surface area contributed by atoms with Crippen LogP contribution in [0.25, 0.3) is 10.8 Å². The molecule has 1 aliphatic heterocycles. The van der Waals surface area contributed by atoms with Gasteiger partial charge in [-0.2, -0.15) is 0 Å². The van der Waals surface area contributed by atoms with E-state index in [1.165, 1.54) is 5.01 Å². The molecule has 3 aromatic rings. The van der Waals surface area contributed by atoms with Crippen molar-refractivity contribution in [2.24, 2.45) is 0 Å². The molecule has 0 aliphatic carbocycles. The van der Waals surface area contributed by atoms with Gasteiger partial charge in [-0.15, -0.1) is 0 Å². The molecule has 2 amide bonds. The molecule has 1 atom stereocenters. The summed E-state index contributed by atoms with van der Waals surface area (Å²) in [6, 6.07) is 19.0. The number of nitrogens with zero attached hydrogens (tertiary/aromatic N) is 1. The first kappa shape index (κ1) is 19.3. The van der Waals surface area contributed by atoms with Gasteiger partial charge in [0.15, 0.2) is 6.61 Å². The highest BCUT2D eigenvalue weighted by Gasteiger charge is 2.32. The number of ether oxygens (including phenoxy) is 1. The minimum absolute atomic E-state index is 0.195. The fourth-order valence-electron chi connectivity index (χ4n) is 3.38. The Morgan fingerprint density at radius 1 is 1.17 bits per heavy atom. The summed E-state index contributed by atoms with van der Waals surface area (Å²) in [5.41, 5.74) is 3.94. The van der Waals surface area contributed by atoms with Gasteiger partial charge in [-0.25, -0.2) is 5.01 Å². The second-order valence-corrected chi connectivity index (χ2v) is 7.65. The van der Waals surface area contributed by atoms with Gasteiger partial charge in [-0.05, 0) is 36.1 Å². The van der Waals surface area contributed by atoms with Crippen LogP contribution < -0.4 is 15.5 Å². The average molecular weight is 454 g/mol. The third-order valence-electron chi connectivity index (χ3n) is 4.80. The second kappa shape index (κ2) is 8.13. The molecule has 0 saturated heterocycles. The predicted molar refractivity (Wildman–Crippen MR) is 116 cm³/mol. The maximum Gasteiger partial charge on any atom is 0.276 e. The summed E-state index contributed by atoms with van der Waals surface area (Å²) in [6.07, 6.45) is 0.295. The topological polar surface area (TPSA) is 70.7 Å². The lowest BCUT2D eigenvalue weighted by Crippen LogP contribution is -2.57. The largest absolute Gasteiger partial charge is 0.483 e. The molecule has 29 heavy (non-hydrogen) atoms. The molecule has 0 saturated carbocycles. The quantitative estimate of drug-likeness (QED) is 0.603. The molecular weight excluding hydrogens is 434 g/mol. The SMILES string of the molecule is CCC1Nc2ccc(Br)cc2C(=O)N1NC(=O)COc1cccc2ccccc12. The third kappa shape index (κ3) is 3.91. The highest BCUT2D eigenvalue weighted by Crippen LogP contribution is 2.28. The van der Waals surface area contributed by atoms with Crippen molar-refractivity contribution < 1.29 is 14.3 Å². The van der Waals surface area contributed by atoms with E-state index in [9.17, 15) is 9.59 Å². The first-order valence-electron chi connectivity index (χ1n) is 9.36. The standard InChI is InChI=1S/C22H20BrN3O3/c1-2-20-24-18-11-10-15(23)12-17(18)22(28)26(20)25-21(27)13-29-19-9-5-7-14-6-3-4-8-16(14)19/h3-12,20,24H,2,13H2,1H3,(H,25,27). The number of hydrogen-bond donors (Lipinski definition) is 2. The van der Waals surface area contributed by atoms with E-state index in [1.807, 2.05) is 61.5 Å². The highest BCUT2D eigenvalue weighted by atomic mass is 79.9. The van der Waals surface area contributed by atoms with E-state index < -0.39 is 5.91 Å². The molecule has 1 aliphatic rings. The van der Waals surface area contributed by atoms with Crippen LogP contribution >= 0.6 is 15.9 Å². The van der Waals surface area contributed by atoms with Gasteiger partial charge >= 0.3 is 0 Å². The zero-order chi connectivity index (χ0) is 20.4. The first-order chi connectivity index (χ1) is 14.1. The van der Waals surface area contributed by atoms with Gasteiger partial charge in [-0.3, -0.25) is 15.0 Å². The Hall–Kier alpha value is -3.06. The van der Waals surface area contributed by atoms with Gasteiger partial charge in [0.05, 0.1) is 5.56 Å². The summed E-state index contributed by atoms with van der Waals surface area (Å²) in [4.78, 5) is 25.5. The van der Waals surface area contributed by atoms with Crippen molar-refractivity contribution in [2.45, 2.75) is 19.5 Å². The van der Waals surface area contributed by atoms with Crippen LogP contribution in [0.5, 0.6) is 5.75 Å². The highest BCUT2D eigenvalue weighted by molar-refractivity contribution is 9.10. The van der Waals surface area contributed by atoms with Gasteiger partial charge in [0, 0.05) is 15.5 Å². The molecule has 2 N–H and O–H groups in total. The minimum Gasteiger partial charge on any atom is -0.483 e. The summed E-state index contributed by atoms with van der Waals surface area (Å²) in [6.45, 7) is 1.75. The Morgan fingerprint density at radius 2 is 1.97 bits per heavy atom. The Labute approximate surface area is 176 Å². The number of hydrogen-bond acceptors (Lipinski definition) is 4. The third-order valence-corrected chi connectivity index (χ3v) is 5.30. The van der Waals surface area contributed by atoms with E-state index in [2.05, 4.69) is 26.7 Å². The number of carbonyl (C=O) groups is 2. The molecule has 7 heteroatoms. The Kier molecular flexibility index (Phi) is 5.40. The van der Waals surface area contributed by atoms with Crippen LogP contribution in [0.1, 0.15) is 23.7 Å². The van der Waals surface area contributed by atoms with Crippen LogP contribution in [0, 0.1) is 0 Å². The van der Waals surface area contributed by atoms with Crippen LogP contribution in [0.15, 0.2) is 65.1 Å². The number of rotatable bonds is 5. The summed E-state index contributed by atoms with van der Waals surface area (Å²) in [5, 5.41) is 6.59. The molecular formula is C22H20BrN3O3. The van der Waals surface area contributed by atoms with Crippen molar-refractivity contribution in [1.29, 1.82) is 0 Å². The summed E-state index contributed by atoms with van der Waals surface area (Å²) in [7, 11) is 0. The lowest BCUT2D eigenvalue weighted by molar-refractivity contribution is -0.127. The molecule has 1 heterocycles. The predicted octanol–water partition coefficient (Wildman–Crippen LogP) is 4.32. The van der Waals surface area contributed by atoms with Crippen LogP contribution in [0.4, 0.5) is 5.69 Å². The fraction of sp³-hybridized carbons (Fsp3) is 0.182. The summed E-state index contributed by atoms with van der Waals surface area (Å²) < 4.78 is 6.54. The second-order valence-electron chi connectivity index (χ2n) is 6.73. The van der Waals surface area contributed by atoms with Crippen LogP contribution in [-0.4, -0.2) is 29.6 Å². The van der Waals surface area contributed by atoms with Gasteiger partial charge in [0.25, 0.3) is 11.8 Å². The van der Waals surface area contributed by atoms with Crippen molar-refractivity contribution in [3.8, 4) is 5.75 Å². The van der Waals surface area contributed by atoms with Crippen molar-refractivity contribution >= 4 is 44.2 Å². The van der Waals surface area contributed by atoms with Crippen molar-refractivity contribution in [2.75, 3.05) is 11.9 Å². The number of anilines is 1. The normalized spacial score (nSPS) is 15.6. The van der Waals surface area contributed by atoms with E-state index in [0.717, 1.165) is 20.9 Å². The average Bonchev–Trinajstić information content (AvgIpc) is 2.74. The molecule has 0 spiro atoms. The molecule has 0 fully saturated rings. The van der Waals surface area contributed by atoms with E-state index in [0.29, 0.717) is 17.7 Å². The summed E-state index contributed by atoms with van der Waals surface area (Å²) in [5.74, 6) is -0.0296. The molecule has 0 radical (unpaired) electrons. The molecule has 1 unspecified atom stereocenters. The Morgan fingerprint density at radius 3 is 2.79 bits per heavy atom. The maximum absolute atomic E-state index is 12.9. The first-order valence-corrected chi connectivity index (χ1v) is 10.2. The number of halogens is 1. The molecule has 6 nitrogen and oxygen atoms in total. The van der Waals surface area contributed by atoms with Crippen LogP contribution in [0.2, 0.25) is 0 Å². The number of hydrazine groups is 1. The molecule has 148 valence electrons. The molecule has 0 aromatic heterocycles. The Bertz CT molecular complexity index is 1080. The van der Waals surface area contributed by atoms with E-state index in [1.54, 1.807) is 6.07 Å². The van der Waals surface area contributed by atoms with Gasteiger partial charge in [0.2, 0.25) is 0 Å². The smallest absolute Gasteiger partial charge is 0.276 e. The number of amides is 2. The van der Waals surface area contributed by atoms with E-state index in [-0.39, 0.29) is 18.7 Å². The minimum atomic E-state index is -0.398. The summed E-state index contributed by atoms with van der Waals surface area (Å²) >= 11 is 3.39. The number of benzene rings is 3. The van der Waals surface area contributed by atoms with Gasteiger partial charge in [0.1, 0.15) is 11.9 Å². The van der Waals surface area contributed by atoms with Crippen LogP contribution in [-0.2, 0) is 4.79 Å². The fourth-order valence-corrected chi connectivity index (χ4v) is 3.74. The molecule has 4 rings (SSSR count). The van der Waals surface area contributed by atoms with Crippen molar-refractivity contribution in [1.82, 2.24) is 10.4 Å². The number of nitrogens with one attached hydrogen (secondary N) is 2. The van der Waals surface area contributed by atoms with E-state index in [4.69, 9.17) is 4.74 Å².